The second-order valence-electron chi connectivity index (χ2n) is 5.56. The minimum atomic E-state index is -5.01. The van der Waals surface area contributed by atoms with E-state index >= 15 is 0 Å². The molecule has 5 nitrogen and oxygen atoms in total. The number of hydrazone groups is 1. The molecular formula is C15H19F3N2O3. The summed E-state index contributed by atoms with van der Waals surface area (Å²) in [5, 5.41) is 13.9. The smallest absolute Gasteiger partial charge is 0.438 e. The molecule has 128 valence electrons. The van der Waals surface area contributed by atoms with Crippen molar-refractivity contribution in [2.75, 3.05) is 0 Å². The Morgan fingerprint density at radius 1 is 1.43 bits per heavy atom. The van der Waals surface area contributed by atoms with Crippen LogP contribution >= 0.6 is 0 Å². The van der Waals surface area contributed by atoms with Gasteiger partial charge >= 0.3 is 12.1 Å². The number of alkyl halides is 3. The highest BCUT2D eigenvalue weighted by molar-refractivity contribution is 5.96. The van der Waals surface area contributed by atoms with Crippen LogP contribution in [-0.2, 0) is 0 Å². The molecule has 0 radical (unpaired) electrons. The minimum Gasteiger partial charge on any atom is -0.459 e. The number of aliphatic hydroxyl groups is 1. The van der Waals surface area contributed by atoms with Crippen LogP contribution in [0, 0.1) is 0 Å². The minimum absolute atomic E-state index is 0.0982. The lowest BCUT2D eigenvalue weighted by molar-refractivity contribution is -0.297. The summed E-state index contributed by atoms with van der Waals surface area (Å²) in [4.78, 5) is 12.2. The summed E-state index contributed by atoms with van der Waals surface area (Å²) in [6, 6.07) is 2.61. The number of hydrogen-bond acceptors (Lipinski definition) is 4. The zero-order valence-corrected chi connectivity index (χ0v) is 12.8. The van der Waals surface area contributed by atoms with Crippen LogP contribution < -0.4 is 0 Å². The molecule has 1 aliphatic rings. The van der Waals surface area contributed by atoms with Crippen LogP contribution in [0.4, 0.5) is 13.2 Å². The van der Waals surface area contributed by atoms with Gasteiger partial charge in [-0.05, 0) is 25.0 Å². The standard InChI is InChI=1S/C15H19F3N2O3/c1-2-3-4-5-7-11-10-14(22,15(16,17)18)20(19-11)13(21)12-8-6-9-23-12/h6,8-9,22H,2-5,7,10H2,1H3/t14-/m1/s1. The van der Waals surface area contributed by atoms with Gasteiger partial charge in [0.2, 0.25) is 0 Å². The molecule has 1 aromatic rings. The van der Waals surface area contributed by atoms with Gasteiger partial charge in [-0.15, -0.1) is 0 Å². The van der Waals surface area contributed by atoms with E-state index in [1.165, 1.54) is 18.4 Å². The maximum atomic E-state index is 13.3. The first-order chi connectivity index (χ1) is 10.8. The number of furan rings is 1. The summed E-state index contributed by atoms with van der Waals surface area (Å²) in [6.45, 7) is 2.03. The first-order valence-corrected chi connectivity index (χ1v) is 7.53. The van der Waals surface area contributed by atoms with Crippen LogP contribution in [0.25, 0.3) is 0 Å². The first kappa shape index (κ1) is 17.5. The van der Waals surface area contributed by atoms with Crippen LogP contribution in [0.15, 0.2) is 27.9 Å². The van der Waals surface area contributed by atoms with E-state index in [1.54, 1.807) is 0 Å². The Bertz CT molecular complexity index is 569. The van der Waals surface area contributed by atoms with E-state index in [2.05, 4.69) is 5.10 Å². The van der Waals surface area contributed by atoms with Gasteiger partial charge in [0.15, 0.2) is 5.76 Å². The Hall–Kier alpha value is -1.83. The van der Waals surface area contributed by atoms with Crippen LogP contribution in [0.1, 0.15) is 56.0 Å². The van der Waals surface area contributed by atoms with Gasteiger partial charge in [-0.25, -0.2) is 0 Å². The fourth-order valence-electron chi connectivity index (χ4n) is 2.45. The van der Waals surface area contributed by atoms with E-state index in [0.29, 0.717) is 12.8 Å². The molecule has 0 saturated carbocycles. The van der Waals surface area contributed by atoms with Crippen LogP contribution in [0.2, 0.25) is 0 Å². The summed E-state index contributed by atoms with van der Waals surface area (Å²) in [5.74, 6) is -1.41. The monoisotopic (exact) mass is 332 g/mol. The van der Waals surface area contributed by atoms with E-state index in [9.17, 15) is 23.1 Å². The van der Waals surface area contributed by atoms with E-state index < -0.39 is 24.2 Å². The van der Waals surface area contributed by atoms with Crippen LogP contribution in [-0.4, -0.2) is 33.6 Å². The van der Waals surface area contributed by atoms with Crippen molar-refractivity contribution in [2.24, 2.45) is 5.10 Å². The van der Waals surface area contributed by atoms with Crippen molar-refractivity contribution in [1.82, 2.24) is 5.01 Å². The summed E-state index contributed by atoms with van der Waals surface area (Å²) >= 11 is 0. The highest BCUT2D eigenvalue weighted by atomic mass is 19.4. The predicted molar refractivity (Wildman–Crippen MR) is 76.7 cm³/mol. The molecule has 0 aliphatic carbocycles. The van der Waals surface area contributed by atoms with Gasteiger partial charge in [-0.1, -0.05) is 26.2 Å². The lowest BCUT2D eigenvalue weighted by Crippen LogP contribution is -2.56. The molecule has 0 fully saturated rings. The average Bonchev–Trinajstić information content (AvgIpc) is 3.11. The number of unbranched alkanes of at least 4 members (excludes halogenated alkanes) is 3. The Labute approximate surface area is 131 Å². The zero-order chi connectivity index (χ0) is 17.1. The second-order valence-corrected chi connectivity index (χ2v) is 5.56. The topological polar surface area (TPSA) is 66.0 Å². The maximum absolute atomic E-state index is 13.3. The third kappa shape index (κ3) is 3.57. The molecule has 23 heavy (non-hydrogen) atoms. The van der Waals surface area contributed by atoms with Gasteiger partial charge < -0.3 is 9.52 Å². The van der Waals surface area contributed by atoms with Gasteiger partial charge in [0.1, 0.15) is 0 Å². The number of carbonyl (C=O) groups excluding carboxylic acids is 1. The Balaban J connectivity index is 2.19. The number of carbonyl (C=O) groups is 1. The summed E-state index contributed by atoms with van der Waals surface area (Å²) < 4.78 is 44.6. The Morgan fingerprint density at radius 2 is 2.17 bits per heavy atom. The largest absolute Gasteiger partial charge is 0.459 e. The molecule has 2 rings (SSSR count). The predicted octanol–water partition coefficient (Wildman–Crippen LogP) is 3.70. The second kappa shape index (κ2) is 6.74. The van der Waals surface area contributed by atoms with Crippen molar-refractivity contribution in [3.05, 3.63) is 24.2 Å². The lowest BCUT2D eigenvalue weighted by atomic mass is 10.0. The fraction of sp³-hybridized carbons (Fsp3) is 0.600. The molecule has 1 N–H and O–H groups in total. The van der Waals surface area contributed by atoms with Crippen LogP contribution in [0.3, 0.4) is 0 Å². The van der Waals surface area contributed by atoms with Crippen LogP contribution in [0.5, 0.6) is 0 Å². The van der Waals surface area contributed by atoms with Crippen molar-refractivity contribution in [2.45, 2.75) is 57.3 Å². The van der Waals surface area contributed by atoms with Gasteiger partial charge in [-0.2, -0.15) is 23.3 Å². The van der Waals surface area contributed by atoms with E-state index in [-0.39, 0.29) is 16.5 Å². The fourth-order valence-corrected chi connectivity index (χ4v) is 2.45. The number of hydrogen-bond donors (Lipinski definition) is 1. The third-order valence-corrected chi connectivity index (χ3v) is 3.74. The van der Waals surface area contributed by atoms with Gasteiger partial charge in [-0.3, -0.25) is 4.79 Å². The molecule has 0 bridgehead atoms. The molecular weight excluding hydrogens is 313 g/mol. The normalized spacial score (nSPS) is 21.6. The summed E-state index contributed by atoms with van der Waals surface area (Å²) in [6.07, 6.45) is -0.728. The molecule has 1 amide bonds. The molecule has 0 aromatic carbocycles. The number of halogens is 3. The van der Waals surface area contributed by atoms with Gasteiger partial charge in [0, 0.05) is 12.1 Å². The molecule has 8 heteroatoms. The molecule has 0 saturated heterocycles. The van der Waals surface area contributed by atoms with E-state index in [4.69, 9.17) is 4.42 Å². The summed E-state index contributed by atoms with van der Waals surface area (Å²) in [5.41, 5.74) is -3.16. The number of rotatable bonds is 6. The zero-order valence-electron chi connectivity index (χ0n) is 12.8. The first-order valence-electron chi connectivity index (χ1n) is 7.53. The molecule has 2 heterocycles. The quantitative estimate of drug-likeness (QED) is 0.808. The average molecular weight is 332 g/mol. The number of nitrogens with zero attached hydrogens (tertiary/aromatic N) is 2. The Morgan fingerprint density at radius 3 is 2.74 bits per heavy atom. The number of amides is 1. The lowest BCUT2D eigenvalue weighted by Gasteiger charge is -2.32. The van der Waals surface area contributed by atoms with Crippen molar-refractivity contribution in [3.63, 3.8) is 0 Å². The highest BCUT2D eigenvalue weighted by Crippen LogP contribution is 2.41. The van der Waals surface area contributed by atoms with Crippen molar-refractivity contribution in [1.29, 1.82) is 0 Å². The highest BCUT2D eigenvalue weighted by Gasteiger charge is 2.63. The Kier molecular flexibility index (Phi) is 5.13. The SMILES string of the molecule is CCCCCCC1=NN(C(=O)c2ccco2)[C@](O)(C(F)(F)F)C1. The molecule has 0 unspecified atom stereocenters. The van der Waals surface area contributed by atoms with Gasteiger partial charge in [0.05, 0.1) is 6.26 Å². The van der Waals surface area contributed by atoms with E-state index in [0.717, 1.165) is 19.3 Å². The van der Waals surface area contributed by atoms with Crippen molar-refractivity contribution >= 4 is 11.6 Å². The molecule has 1 aromatic heterocycles. The van der Waals surface area contributed by atoms with E-state index in [1.807, 2.05) is 6.92 Å². The molecule has 1 atom stereocenters. The maximum Gasteiger partial charge on any atom is 0.438 e. The van der Waals surface area contributed by atoms with Gasteiger partial charge in [0.25, 0.3) is 5.72 Å². The molecule has 1 aliphatic heterocycles. The molecule has 0 spiro atoms. The summed E-state index contributed by atoms with van der Waals surface area (Å²) in [7, 11) is 0. The third-order valence-electron chi connectivity index (χ3n) is 3.74. The van der Waals surface area contributed by atoms with Crippen molar-refractivity contribution in [3.8, 4) is 0 Å². The van der Waals surface area contributed by atoms with Crippen molar-refractivity contribution < 1.29 is 27.5 Å².